The summed E-state index contributed by atoms with van der Waals surface area (Å²) in [7, 11) is 0. The van der Waals surface area contributed by atoms with Gasteiger partial charge in [0.1, 0.15) is 0 Å². The molecule has 1 spiro atoms. The number of carbonyl (C=O) groups is 2. The van der Waals surface area contributed by atoms with Crippen LogP contribution in [0.25, 0.3) is 0 Å². The highest BCUT2D eigenvalue weighted by atomic mass is 16.5. The van der Waals surface area contributed by atoms with Crippen molar-refractivity contribution in [3.63, 3.8) is 0 Å². The van der Waals surface area contributed by atoms with Crippen LogP contribution in [0.4, 0.5) is 11.4 Å². The van der Waals surface area contributed by atoms with Gasteiger partial charge >= 0.3 is 0 Å². The number of anilines is 2. The molecule has 0 saturated carbocycles. The molecular weight excluding hydrogens is 522 g/mol. The zero-order valence-corrected chi connectivity index (χ0v) is 23.7. The van der Waals surface area contributed by atoms with E-state index in [1.54, 1.807) is 28.3 Å². The van der Waals surface area contributed by atoms with Crippen molar-refractivity contribution < 1.29 is 24.5 Å². The van der Waals surface area contributed by atoms with E-state index in [1.807, 2.05) is 61.7 Å². The second-order valence-corrected chi connectivity index (χ2v) is 12.0. The Morgan fingerprint density at radius 3 is 2.54 bits per heavy atom. The standard InChI is InChI=1S/C31H37N5O5/c1-20-28(30(2,3)40)26(12-15-34-19-22(14-17-37)32-33-34)41-31(20)24-6-4-5-7-25(24)36(29(31)39)18-21-8-10-23(11-9-21)35-16-13-27(35)38/h4-11,19-20,26,28,37,40H,12-18H2,1-3H3/t20-,26+,28-,31+/m1/s1. The maximum atomic E-state index is 14.5. The quantitative estimate of drug-likeness (QED) is 0.387. The van der Waals surface area contributed by atoms with E-state index in [1.165, 1.54) is 0 Å². The fourth-order valence-corrected chi connectivity index (χ4v) is 6.95. The van der Waals surface area contributed by atoms with E-state index in [-0.39, 0.29) is 30.3 Å². The van der Waals surface area contributed by atoms with Gasteiger partial charge in [0.2, 0.25) is 5.91 Å². The lowest BCUT2D eigenvalue weighted by Gasteiger charge is -2.34. The SMILES string of the molecule is C[C@@H]1[C@@H](C(C)(C)O)[C@H](CCn2cc(CCO)nn2)O[C@@]12C(=O)N(Cc1ccc(N3CCC3=O)cc1)c1ccccc12. The Kier molecular flexibility index (Phi) is 6.96. The van der Waals surface area contributed by atoms with Gasteiger partial charge in [0.15, 0.2) is 5.60 Å². The van der Waals surface area contributed by atoms with Crippen LogP contribution in [0.2, 0.25) is 0 Å². The Labute approximate surface area is 239 Å². The fourth-order valence-electron chi connectivity index (χ4n) is 6.95. The number of fused-ring (bicyclic) bond motifs is 2. The van der Waals surface area contributed by atoms with Gasteiger partial charge < -0.3 is 24.7 Å². The summed E-state index contributed by atoms with van der Waals surface area (Å²) >= 11 is 0. The molecule has 0 unspecified atom stereocenters. The van der Waals surface area contributed by atoms with E-state index in [4.69, 9.17) is 4.74 Å². The minimum absolute atomic E-state index is 0.00548. The van der Waals surface area contributed by atoms with Crippen molar-refractivity contribution in [2.24, 2.45) is 11.8 Å². The van der Waals surface area contributed by atoms with Crippen LogP contribution in [-0.2, 0) is 39.4 Å². The van der Waals surface area contributed by atoms with Gasteiger partial charge in [-0.1, -0.05) is 42.5 Å². The molecule has 4 atom stereocenters. The smallest absolute Gasteiger partial charge is 0.264 e. The number of β-lactam (4-membered cyclic amide) rings is 1. The molecule has 0 aliphatic carbocycles. The van der Waals surface area contributed by atoms with E-state index in [2.05, 4.69) is 10.3 Å². The monoisotopic (exact) mass is 559 g/mol. The molecule has 2 N–H and O–H groups in total. The van der Waals surface area contributed by atoms with Gasteiger partial charge in [-0.25, -0.2) is 0 Å². The molecule has 10 heteroatoms. The molecule has 41 heavy (non-hydrogen) atoms. The fraction of sp³-hybridized carbons (Fsp3) is 0.484. The van der Waals surface area contributed by atoms with Crippen LogP contribution in [0.1, 0.15) is 50.4 Å². The molecule has 2 saturated heterocycles. The number of rotatable bonds is 9. The Hall–Kier alpha value is -3.60. The third-order valence-corrected chi connectivity index (χ3v) is 8.93. The predicted octanol–water partition coefficient (Wildman–Crippen LogP) is 2.80. The average Bonchev–Trinajstić information content (AvgIpc) is 3.58. The first-order chi connectivity index (χ1) is 19.6. The van der Waals surface area contributed by atoms with Gasteiger partial charge in [0.05, 0.1) is 29.6 Å². The summed E-state index contributed by atoms with van der Waals surface area (Å²) in [6, 6.07) is 15.6. The molecule has 6 rings (SSSR count). The lowest BCUT2D eigenvalue weighted by molar-refractivity contribution is -0.146. The number of carbonyl (C=O) groups excluding carboxylic acids is 2. The minimum atomic E-state index is -1.22. The summed E-state index contributed by atoms with van der Waals surface area (Å²) in [5.41, 5.74) is 1.85. The summed E-state index contributed by atoms with van der Waals surface area (Å²) in [5.74, 6) is -0.614. The number of hydrogen-bond donors (Lipinski definition) is 2. The number of hydrogen-bond acceptors (Lipinski definition) is 7. The highest BCUT2D eigenvalue weighted by Gasteiger charge is 2.65. The maximum Gasteiger partial charge on any atom is 0.264 e. The van der Waals surface area contributed by atoms with Gasteiger partial charge in [-0.05, 0) is 44.0 Å². The number of aliphatic hydroxyl groups is 2. The van der Waals surface area contributed by atoms with Crippen LogP contribution in [0.5, 0.6) is 0 Å². The first kappa shape index (κ1) is 27.6. The zero-order valence-electron chi connectivity index (χ0n) is 23.7. The van der Waals surface area contributed by atoms with E-state index < -0.39 is 17.3 Å². The number of aliphatic hydroxyl groups excluding tert-OH is 1. The molecule has 3 aliphatic heterocycles. The van der Waals surface area contributed by atoms with Crippen molar-refractivity contribution in [3.05, 3.63) is 71.5 Å². The molecule has 0 bridgehead atoms. The number of aromatic nitrogens is 3. The van der Waals surface area contributed by atoms with Gasteiger partial charge in [0, 0.05) is 61.8 Å². The highest BCUT2D eigenvalue weighted by Crippen LogP contribution is 2.57. The second-order valence-electron chi connectivity index (χ2n) is 12.0. The van der Waals surface area contributed by atoms with Gasteiger partial charge in [0.25, 0.3) is 5.91 Å². The second kappa shape index (κ2) is 10.3. The molecule has 3 aliphatic rings. The lowest BCUT2D eigenvalue weighted by atomic mass is 9.71. The molecule has 2 fully saturated rings. The first-order valence-electron chi connectivity index (χ1n) is 14.3. The zero-order chi connectivity index (χ0) is 28.9. The lowest BCUT2D eigenvalue weighted by Crippen LogP contribution is -2.46. The molecule has 216 valence electrons. The summed E-state index contributed by atoms with van der Waals surface area (Å²) < 4.78 is 8.55. The van der Waals surface area contributed by atoms with Crippen molar-refractivity contribution in [3.8, 4) is 0 Å². The number of nitrogens with zero attached hydrogens (tertiary/aromatic N) is 5. The Morgan fingerprint density at radius 2 is 1.88 bits per heavy atom. The maximum absolute atomic E-state index is 14.5. The van der Waals surface area contributed by atoms with Gasteiger partial charge in [-0.3, -0.25) is 14.3 Å². The number of benzene rings is 2. The molecule has 2 aromatic carbocycles. The van der Waals surface area contributed by atoms with Crippen LogP contribution in [0.15, 0.2) is 54.7 Å². The van der Waals surface area contributed by atoms with E-state index in [9.17, 15) is 19.8 Å². The van der Waals surface area contributed by atoms with Gasteiger partial charge in [-0.2, -0.15) is 0 Å². The van der Waals surface area contributed by atoms with E-state index >= 15 is 0 Å². The van der Waals surface area contributed by atoms with Crippen LogP contribution in [0.3, 0.4) is 0 Å². The third-order valence-electron chi connectivity index (χ3n) is 8.93. The summed E-state index contributed by atoms with van der Waals surface area (Å²) in [6.45, 7) is 7.19. The van der Waals surface area contributed by atoms with Crippen molar-refractivity contribution in [1.29, 1.82) is 0 Å². The Balaban J connectivity index is 1.28. The predicted molar refractivity (Wildman–Crippen MR) is 152 cm³/mol. The third kappa shape index (κ3) is 4.64. The van der Waals surface area contributed by atoms with Crippen molar-refractivity contribution in [2.75, 3.05) is 23.0 Å². The normalized spacial score (nSPS) is 25.7. The molecule has 4 heterocycles. The van der Waals surface area contributed by atoms with E-state index in [0.29, 0.717) is 38.0 Å². The van der Waals surface area contributed by atoms with Crippen molar-refractivity contribution in [1.82, 2.24) is 15.0 Å². The summed E-state index contributed by atoms with van der Waals surface area (Å²) in [6.07, 6.45) is 2.96. The van der Waals surface area contributed by atoms with Crippen LogP contribution in [0, 0.1) is 11.8 Å². The summed E-state index contributed by atoms with van der Waals surface area (Å²) in [5, 5.41) is 28.8. The van der Waals surface area contributed by atoms with Gasteiger partial charge in [-0.15, -0.1) is 5.10 Å². The van der Waals surface area contributed by atoms with Crippen LogP contribution >= 0.6 is 0 Å². The molecule has 3 aromatic rings. The average molecular weight is 560 g/mol. The number of aryl methyl sites for hydroxylation is 1. The molecular formula is C31H37N5O5. The van der Waals surface area contributed by atoms with Crippen molar-refractivity contribution in [2.45, 2.75) is 70.4 Å². The molecule has 10 nitrogen and oxygen atoms in total. The highest BCUT2D eigenvalue weighted by molar-refractivity contribution is 6.07. The molecule has 0 radical (unpaired) electrons. The van der Waals surface area contributed by atoms with Crippen molar-refractivity contribution >= 4 is 23.2 Å². The number of amides is 2. The Morgan fingerprint density at radius 1 is 1.12 bits per heavy atom. The molecule has 2 amide bonds. The van der Waals surface area contributed by atoms with Crippen LogP contribution < -0.4 is 9.80 Å². The topological polar surface area (TPSA) is 121 Å². The Bertz CT molecular complexity index is 1450. The summed E-state index contributed by atoms with van der Waals surface area (Å²) in [4.78, 5) is 29.9. The van der Waals surface area contributed by atoms with E-state index in [0.717, 1.165) is 29.0 Å². The minimum Gasteiger partial charge on any atom is -0.396 e. The first-order valence-corrected chi connectivity index (χ1v) is 14.3. The molecule has 1 aromatic heterocycles. The number of ether oxygens (including phenoxy) is 1. The van der Waals surface area contributed by atoms with Crippen LogP contribution in [-0.4, -0.2) is 61.9 Å². The largest absolute Gasteiger partial charge is 0.396 e. The number of para-hydroxylation sites is 1.